The molecule has 15 heavy (non-hydrogen) atoms. The summed E-state index contributed by atoms with van der Waals surface area (Å²) < 4.78 is 5.49. The monoisotopic (exact) mass is 215 g/mol. The van der Waals surface area contributed by atoms with Crippen LogP contribution in [0.2, 0.25) is 0 Å². The second-order valence-electron chi connectivity index (χ2n) is 4.31. The van der Waals surface area contributed by atoms with E-state index < -0.39 is 0 Å². The van der Waals surface area contributed by atoms with Gasteiger partial charge in [0.05, 0.1) is 0 Å². The quantitative estimate of drug-likeness (QED) is 0.536. The molecular formula is C13H29NO. The van der Waals surface area contributed by atoms with E-state index in [1.807, 2.05) is 0 Å². The zero-order valence-corrected chi connectivity index (χ0v) is 10.6. The van der Waals surface area contributed by atoms with Crippen molar-refractivity contribution in [1.29, 1.82) is 0 Å². The maximum atomic E-state index is 5.49. The van der Waals surface area contributed by atoms with Crippen LogP contribution in [-0.2, 0) is 4.74 Å². The molecule has 0 saturated carbocycles. The van der Waals surface area contributed by atoms with Crippen molar-refractivity contribution in [3.63, 3.8) is 0 Å². The normalized spacial score (nSPS) is 13.0. The third kappa shape index (κ3) is 10.2. The molecule has 0 aromatic rings. The van der Waals surface area contributed by atoms with Crippen LogP contribution in [0.1, 0.15) is 58.8 Å². The van der Waals surface area contributed by atoms with E-state index >= 15 is 0 Å². The number of unbranched alkanes of at least 4 members (excludes halogenated alkanes) is 1. The Hall–Kier alpha value is -0.0800. The van der Waals surface area contributed by atoms with E-state index in [-0.39, 0.29) is 0 Å². The summed E-state index contributed by atoms with van der Waals surface area (Å²) in [6.07, 6.45) is 8.97. The third-order valence-corrected chi connectivity index (χ3v) is 2.94. The molecule has 0 aromatic heterocycles. The lowest BCUT2D eigenvalue weighted by molar-refractivity contribution is 0.125. The van der Waals surface area contributed by atoms with Crippen LogP contribution < -0.4 is 5.73 Å². The van der Waals surface area contributed by atoms with Crippen LogP contribution in [0.4, 0.5) is 0 Å². The lowest BCUT2D eigenvalue weighted by atomic mass is 9.94. The molecule has 0 amide bonds. The Bertz CT molecular complexity index is 117. The highest BCUT2D eigenvalue weighted by molar-refractivity contribution is 4.57. The summed E-state index contributed by atoms with van der Waals surface area (Å²) in [6.45, 7) is 7.07. The first-order chi connectivity index (χ1) is 7.35. The molecule has 0 aliphatic heterocycles. The molecule has 0 aromatic carbocycles. The van der Waals surface area contributed by atoms with Gasteiger partial charge in [0, 0.05) is 13.2 Å². The molecule has 2 heteroatoms. The zero-order valence-electron chi connectivity index (χ0n) is 10.6. The molecule has 0 aliphatic carbocycles. The van der Waals surface area contributed by atoms with Crippen LogP contribution in [0.15, 0.2) is 0 Å². The van der Waals surface area contributed by atoms with Crippen LogP contribution in [0.3, 0.4) is 0 Å². The largest absolute Gasteiger partial charge is 0.381 e. The minimum absolute atomic E-state index is 0.744. The maximum absolute atomic E-state index is 5.49. The van der Waals surface area contributed by atoms with Gasteiger partial charge in [-0.05, 0) is 31.7 Å². The Labute approximate surface area is 95.6 Å². The van der Waals surface area contributed by atoms with Gasteiger partial charge < -0.3 is 10.5 Å². The number of hydrogen-bond acceptors (Lipinski definition) is 2. The van der Waals surface area contributed by atoms with Gasteiger partial charge >= 0.3 is 0 Å². The summed E-state index contributed by atoms with van der Waals surface area (Å²) >= 11 is 0. The van der Waals surface area contributed by atoms with E-state index in [0.29, 0.717) is 0 Å². The minimum Gasteiger partial charge on any atom is -0.381 e. The molecule has 1 atom stereocenters. The van der Waals surface area contributed by atoms with Crippen molar-refractivity contribution >= 4 is 0 Å². The third-order valence-electron chi connectivity index (χ3n) is 2.94. The van der Waals surface area contributed by atoms with Crippen molar-refractivity contribution in [2.75, 3.05) is 19.8 Å². The number of rotatable bonds is 11. The average molecular weight is 215 g/mol. The first kappa shape index (κ1) is 14.9. The van der Waals surface area contributed by atoms with Gasteiger partial charge in [-0.2, -0.15) is 0 Å². The van der Waals surface area contributed by atoms with E-state index in [2.05, 4.69) is 13.8 Å². The van der Waals surface area contributed by atoms with E-state index in [1.165, 1.54) is 38.5 Å². The topological polar surface area (TPSA) is 35.2 Å². The molecule has 92 valence electrons. The van der Waals surface area contributed by atoms with Gasteiger partial charge in [0.2, 0.25) is 0 Å². The van der Waals surface area contributed by atoms with Crippen molar-refractivity contribution in [1.82, 2.24) is 0 Å². The summed E-state index contributed by atoms with van der Waals surface area (Å²) in [6, 6.07) is 0. The molecule has 0 aliphatic rings. The smallest absolute Gasteiger partial charge is 0.0478 e. The van der Waals surface area contributed by atoms with Crippen molar-refractivity contribution in [2.45, 2.75) is 58.8 Å². The Morgan fingerprint density at radius 2 is 1.67 bits per heavy atom. The Morgan fingerprint density at radius 3 is 2.27 bits per heavy atom. The van der Waals surface area contributed by atoms with Gasteiger partial charge in [0.25, 0.3) is 0 Å². The molecule has 1 unspecified atom stereocenters. The average Bonchev–Trinajstić information content (AvgIpc) is 2.27. The molecular weight excluding hydrogens is 186 g/mol. The van der Waals surface area contributed by atoms with Gasteiger partial charge in [-0.25, -0.2) is 0 Å². The van der Waals surface area contributed by atoms with Crippen LogP contribution >= 0.6 is 0 Å². The van der Waals surface area contributed by atoms with E-state index in [1.54, 1.807) is 0 Å². The predicted molar refractivity (Wildman–Crippen MR) is 67.0 cm³/mol. The highest BCUT2D eigenvalue weighted by Gasteiger charge is 2.04. The standard InChI is InChI=1S/C13H29NO/c1-3-5-8-13(4-2)9-6-11-15-12-7-10-14/h13H,3-12,14H2,1-2H3. The first-order valence-electron chi connectivity index (χ1n) is 6.62. The second kappa shape index (κ2) is 12.0. The molecule has 0 radical (unpaired) electrons. The highest BCUT2D eigenvalue weighted by atomic mass is 16.5. The van der Waals surface area contributed by atoms with Gasteiger partial charge in [-0.3, -0.25) is 0 Å². The Morgan fingerprint density at radius 1 is 1.00 bits per heavy atom. The number of nitrogens with two attached hydrogens (primary N) is 1. The summed E-state index contributed by atoms with van der Waals surface area (Å²) in [5.41, 5.74) is 5.39. The first-order valence-corrected chi connectivity index (χ1v) is 6.62. The van der Waals surface area contributed by atoms with Gasteiger partial charge in [-0.1, -0.05) is 39.5 Å². The lowest BCUT2D eigenvalue weighted by Crippen LogP contribution is -2.06. The van der Waals surface area contributed by atoms with Crippen LogP contribution in [0.25, 0.3) is 0 Å². The molecule has 0 saturated heterocycles. The van der Waals surface area contributed by atoms with Crippen LogP contribution in [0.5, 0.6) is 0 Å². The second-order valence-corrected chi connectivity index (χ2v) is 4.31. The molecule has 0 heterocycles. The maximum Gasteiger partial charge on any atom is 0.0478 e. The molecule has 0 spiro atoms. The van der Waals surface area contributed by atoms with E-state index in [4.69, 9.17) is 10.5 Å². The zero-order chi connectivity index (χ0) is 11.4. The van der Waals surface area contributed by atoms with Crippen molar-refractivity contribution in [3.8, 4) is 0 Å². The van der Waals surface area contributed by atoms with Crippen molar-refractivity contribution in [3.05, 3.63) is 0 Å². The molecule has 0 bridgehead atoms. The van der Waals surface area contributed by atoms with Crippen molar-refractivity contribution in [2.24, 2.45) is 11.7 Å². The Balaban J connectivity index is 3.22. The Kier molecular flexibility index (Phi) is 11.9. The van der Waals surface area contributed by atoms with E-state index in [0.717, 1.165) is 32.1 Å². The van der Waals surface area contributed by atoms with Gasteiger partial charge in [-0.15, -0.1) is 0 Å². The molecule has 2 nitrogen and oxygen atoms in total. The van der Waals surface area contributed by atoms with E-state index in [9.17, 15) is 0 Å². The van der Waals surface area contributed by atoms with Gasteiger partial charge in [0.15, 0.2) is 0 Å². The summed E-state index contributed by atoms with van der Waals surface area (Å²) in [4.78, 5) is 0. The lowest BCUT2D eigenvalue weighted by Gasteiger charge is -2.13. The van der Waals surface area contributed by atoms with Crippen molar-refractivity contribution < 1.29 is 4.74 Å². The highest BCUT2D eigenvalue weighted by Crippen LogP contribution is 2.18. The fourth-order valence-corrected chi connectivity index (χ4v) is 1.81. The fourth-order valence-electron chi connectivity index (χ4n) is 1.81. The molecule has 0 fully saturated rings. The minimum atomic E-state index is 0.744. The van der Waals surface area contributed by atoms with Crippen LogP contribution in [0, 0.1) is 5.92 Å². The molecule has 2 N–H and O–H groups in total. The fraction of sp³-hybridized carbons (Fsp3) is 1.00. The van der Waals surface area contributed by atoms with Crippen LogP contribution in [-0.4, -0.2) is 19.8 Å². The number of ether oxygens (including phenoxy) is 1. The summed E-state index contributed by atoms with van der Waals surface area (Å²) in [5.74, 6) is 0.919. The SMILES string of the molecule is CCCCC(CC)CCCOCCCN. The van der Waals surface area contributed by atoms with Gasteiger partial charge in [0.1, 0.15) is 0 Å². The number of hydrogen-bond donors (Lipinski definition) is 1. The molecule has 0 rings (SSSR count). The summed E-state index contributed by atoms with van der Waals surface area (Å²) in [7, 11) is 0. The predicted octanol–water partition coefficient (Wildman–Crippen LogP) is 3.35. The summed E-state index contributed by atoms with van der Waals surface area (Å²) in [5, 5.41) is 0.